The van der Waals surface area contributed by atoms with Crippen molar-refractivity contribution in [2.45, 2.75) is 32.1 Å². The number of aromatic carboxylic acids is 1. The van der Waals surface area contributed by atoms with Crippen LogP contribution in [0.1, 0.15) is 53.0 Å². The lowest BCUT2D eigenvalue weighted by Crippen LogP contribution is -2.46. The molecule has 116 valence electrons. The van der Waals surface area contributed by atoms with Gasteiger partial charge < -0.3 is 10.0 Å². The number of hydrogen-bond donors (Lipinski definition) is 1. The molecule has 3 rings (SSSR count). The maximum absolute atomic E-state index is 12.6. The van der Waals surface area contributed by atoms with Gasteiger partial charge in [0.05, 0.1) is 5.56 Å². The van der Waals surface area contributed by atoms with Crippen molar-refractivity contribution in [2.75, 3.05) is 13.1 Å². The van der Waals surface area contributed by atoms with Crippen LogP contribution in [0.5, 0.6) is 0 Å². The molecule has 2 aliphatic rings. The molecule has 1 amide bonds. The number of aromatic nitrogens is 1. The van der Waals surface area contributed by atoms with Gasteiger partial charge in [0.2, 0.25) is 0 Å². The van der Waals surface area contributed by atoms with Crippen LogP contribution in [0, 0.1) is 5.41 Å². The molecule has 0 unspecified atom stereocenters. The van der Waals surface area contributed by atoms with E-state index in [2.05, 4.69) is 17.1 Å². The Morgan fingerprint density at radius 1 is 1.23 bits per heavy atom. The van der Waals surface area contributed by atoms with Crippen LogP contribution in [0.25, 0.3) is 0 Å². The van der Waals surface area contributed by atoms with Crippen molar-refractivity contribution in [1.29, 1.82) is 0 Å². The summed E-state index contributed by atoms with van der Waals surface area (Å²) in [7, 11) is 0. The highest BCUT2D eigenvalue weighted by atomic mass is 16.4. The largest absolute Gasteiger partial charge is 0.477 e. The Labute approximate surface area is 129 Å². The molecule has 1 spiro atoms. The third kappa shape index (κ3) is 2.89. The van der Waals surface area contributed by atoms with Crippen molar-refractivity contribution in [2.24, 2.45) is 5.41 Å². The maximum Gasteiger partial charge on any atom is 0.354 e. The van der Waals surface area contributed by atoms with Crippen LogP contribution in [-0.4, -0.2) is 40.0 Å². The summed E-state index contributed by atoms with van der Waals surface area (Å²) in [5.41, 5.74) is 0.661. The van der Waals surface area contributed by atoms with Crippen molar-refractivity contribution in [3.05, 3.63) is 41.7 Å². The molecule has 5 nitrogen and oxygen atoms in total. The Hall–Kier alpha value is -2.17. The number of nitrogens with zero attached hydrogens (tertiary/aromatic N) is 2. The lowest BCUT2D eigenvalue weighted by molar-refractivity contribution is 0.0483. The first kappa shape index (κ1) is 14.8. The van der Waals surface area contributed by atoms with Gasteiger partial charge in [0.25, 0.3) is 5.91 Å². The van der Waals surface area contributed by atoms with Crippen LogP contribution in [0.3, 0.4) is 0 Å². The van der Waals surface area contributed by atoms with E-state index in [1.54, 1.807) is 6.07 Å². The first-order chi connectivity index (χ1) is 10.6. The van der Waals surface area contributed by atoms with Gasteiger partial charge in [-0.15, -0.1) is 0 Å². The third-order valence-corrected chi connectivity index (χ3v) is 4.74. The van der Waals surface area contributed by atoms with Crippen molar-refractivity contribution in [3.63, 3.8) is 0 Å². The molecule has 0 saturated carbocycles. The minimum atomic E-state index is -1.08. The maximum atomic E-state index is 12.6. The number of likely N-dealkylation sites (tertiary alicyclic amines) is 1. The predicted octanol–water partition coefficient (Wildman–Crippen LogP) is 2.74. The van der Waals surface area contributed by atoms with Gasteiger partial charge in [-0.2, -0.15) is 0 Å². The Morgan fingerprint density at radius 2 is 2.09 bits per heavy atom. The number of amides is 1. The van der Waals surface area contributed by atoms with Gasteiger partial charge in [-0.1, -0.05) is 12.2 Å². The van der Waals surface area contributed by atoms with E-state index in [0.29, 0.717) is 5.56 Å². The summed E-state index contributed by atoms with van der Waals surface area (Å²) >= 11 is 0. The zero-order valence-electron chi connectivity index (χ0n) is 12.5. The van der Waals surface area contributed by atoms with Gasteiger partial charge in [0.15, 0.2) is 0 Å². The molecule has 0 radical (unpaired) electrons. The minimum absolute atomic E-state index is 0.0379. The highest BCUT2D eigenvalue weighted by Crippen LogP contribution is 2.41. The van der Waals surface area contributed by atoms with Crippen LogP contribution in [0.15, 0.2) is 30.5 Å². The molecule has 5 heteroatoms. The molecular weight excluding hydrogens is 280 g/mol. The van der Waals surface area contributed by atoms with E-state index < -0.39 is 5.97 Å². The summed E-state index contributed by atoms with van der Waals surface area (Å²) in [5.74, 6) is -1.12. The van der Waals surface area contributed by atoms with Crippen LogP contribution in [-0.2, 0) is 0 Å². The van der Waals surface area contributed by atoms with E-state index in [1.165, 1.54) is 18.7 Å². The summed E-state index contributed by atoms with van der Waals surface area (Å²) < 4.78 is 0. The molecule has 2 heterocycles. The standard InChI is InChI=1S/C17H20N2O3/c20-15(13-5-6-14(16(21)22)18-11-13)19-10-4-9-17(12-19)7-2-1-3-8-17/h1-2,5-6,11H,3-4,7-10,12H2,(H,21,22)/t17-/m0/s1. The van der Waals surface area contributed by atoms with E-state index in [-0.39, 0.29) is 17.0 Å². The molecule has 1 N–H and O–H groups in total. The number of carboxylic acid groups (broad SMARTS) is 1. The fraction of sp³-hybridized carbons (Fsp3) is 0.471. The topological polar surface area (TPSA) is 70.5 Å². The number of rotatable bonds is 2. The summed E-state index contributed by atoms with van der Waals surface area (Å²) in [6.45, 7) is 1.56. The Balaban J connectivity index is 1.74. The second-order valence-electron chi connectivity index (χ2n) is 6.28. The molecule has 0 aromatic carbocycles. The van der Waals surface area contributed by atoms with Crippen LogP contribution in [0.4, 0.5) is 0 Å². The normalized spacial score (nSPS) is 24.5. The molecule has 1 fully saturated rings. The lowest BCUT2D eigenvalue weighted by atomic mass is 9.71. The average Bonchev–Trinajstić information content (AvgIpc) is 2.55. The summed E-state index contributed by atoms with van der Waals surface area (Å²) in [6.07, 6.45) is 11.3. The quantitative estimate of drug-likeness (QED) is 0.853. The van der Waals surface area contributed by atoms with E-state index in [1.807, 2.05) is 4.90 Å². The van der Waals surface area contributed by atoms with Crippen molar-refractivity contribution >= 4 is 11.9 Å². The lowest BCUT2D eigenvalue weighted by Gasteiger charge is -2.44. The second-order valence-corrected chi connectivity index (χ2v) is 6.28. The number of carbonyl (C=O) groups excluding carboxylic acids is 1. The smallest absolute Gasteiger partial charge is 0.354 e. The molecule has 1 saturated heterocycles. The monoisotopic (exact) mass is 300 g/mol. The van der Waals surface area contributed by atoms with Gasteiger partial charge >= 0.3 is 5.97 Å². The zero-order valence-corrected chi connectivity index (χ0v) is 12.5. The first-order valence-electron chi connectivity index (χ1n) is 7.73. The van der Waals surface area contributed by atoms with Gasteiger partial charge in [0.1, 0.15) is 5.69 Å². The molecule has 1 atom stereocenters. The highest BCUT2D eigenvalue weighted by molar-refractivity contribution is 5.95. The molecule has 1 aliphatic heterocycles. The average molecular weight is 300 g/mol. The molecule has 1 aromatic rings. The van der Waals surface area contributed by atoms with Gasteiger partial charge in [-0.3, -0.25) is 4.79 Å². The molecule has 1 aliphatic carbocycles. The third-order valence-electron chi connectivity index (χ3n) is 4.74. The van der Waals surface area contributed by atoms with Gasteiger partial charge in [-0.25, -0.2) is 9.78 Å². The predicted molar refractivity (Wildman–Crippen MR) is 81.8 cm³/mol. The van der Waals surface area contributed by atoms with E-state index >= 15 is 0 Å². The molecule has 22 heavy (non-hydrogen) atoms. The number of allylic oxidation sites excluding steroid dienone is 2. The van der Waals surface area contributed by atoms with E-state index in [9.17, 15) is 9.59 Å². The Bertz CT molecular complexity index is 609. The Morgan fingerprint density at radius 3 is 2.73 bits per heavy atom. The molecule has 0 bridgehead atoms. The van der Waals surface area contributed by atoms with Crippen LogP contribution >= 0.6 is 0 Å². The number of pyridine rings is 1. The molecular formula is C17H20N2O3. The van der Waals surface area contributed by atoms with Crippen LogP contribution in [0.2, 0.25) is 0 Å². The summed E-state index contributed by atoms with van der Waals surface area (Å²) in [6, 6.07) is 2.94. The number of piperidine rings is 1. The Kier molecular flexibility index (Phi) is 3.96. The van der Waals surface area contributed by atoms with Gasteiger partial charge in [0, 0.05) is 19.3 Å². The van der Waals surface area contributed by atoms with E-state index in [0.717, 1.165) is 38.8 Å². The highest BCUT2D eigenvalue weighted by Gasteiger charge is 2.36. The molecule has 1 aromatic heterocycles. The summed E-state index contributed by atoms with van der Waals surface area (Å²) in [4.78, 5) is 29.2. The fourth-order valence-electron chi connectivity index (χ4n) is 3.52. The minimum Gasteiger partial charge on any atom is -0.477 e. The fourth-order valence-corrected chi connectivity index (χ4v) is 3.52. The van der Waals surface area contributed by atoms with Gasteiger partial charge in [-0.05, 0) is 49.7 Å². The SMILES string of the molecule is O=C(O)c1ccc(C(=O)N2CCC[C@@]3(CC=CCC3)C2)cn1. The van der Waals surface area contributed by atoms with Crippen molar-refractivity contribution in [3.8, 4) is 0 Å². The van der Waals surface area contributed by atoms with Crippen molar-refractivity contribution < 1.29 is 14.7 Å². The number of carbonyl (C=O) groups is 2. The first-order valence-corrected chi connectivity index (χ1v) is 7.73. The van der Waals surface area contributed by atoms with Crippen LogP contribution < -0.4 is 0 Å². The zero-order chi connectivity index (χ0) is 15.6. The second kappa shape index (κ2) is 5.91. The van der Waals surface area contributed by atoms with E-state index in [4.69, 9.17) is 5.11 Å². The number of carboxylic acids is 1. The number of hydrogen-bond acceptors (Lipinski definition) is 3. The summed E-state index contributed by atoms with van der Waals surface area (Å²) in [5, 5.41) is 8.86. The van der Waals surface area contributed by atoms with Crippen molar-refractivity contribution in [1.82, 2.24) is 9.88 Å².